The fourth-order valence-electron chi connectivity index (χ4n) is 1.58. The number of rotatable bonds is 2. The van der Waals surface area contributed by atoms with Gasteiger partial charge in [-0.3, -0.25) is 14.5 Å². The van der Waals surface area contributed by atoms with Crippen molar-refractivity contribution in [1.29, 1.82) is 0 Å². The van der Waals surface area contributed by atoms with Crippen LogP contribution in [0.5, 0.6) is 0 Å². The molecule has 1 aliphatic rings. The van der Waals surface area contributed by atoms with Crippen molar-refractivity contribution in [2.24, 2.45) is 0 Å². The number of hydrogen-bond acceptors (Lipinski definition) is 2. The summed E-state index contributed by atoms with van der Waals surface area (Å²) in [5.74, 6) is -0.725. The molecule has 1 heterocycles. The summed E-state index contributed by atoms with van der Waals surface area (Å²) < 4.78 is 0. The van der Waals surface area contributed by atoms with Crippen LogP contribution in [0, 0.1) is 0 Å². The van der Waals surface area contributed by atoms with Gasteiger partial charge in [0.15, 0.2) is 0 Å². The lowest BCUT2D eigenvalue weighted by atomic mass is 10.1. The summed E-state index contributed by atoms with van der Waals surface area (Å²) in [4.78, 5) is 24.7. The second kappa shape index (κ2) is 3.92. The van der Waals surface area contributed by atoms with Gasteiger partial charge < -0.3 is 0 Å². The zero-order valence-electron chi connectivity index (χ0n) is 8.17. The van der Waals surface area contributed by atoms with Gasteiger partial charge in [-0.1, -0.05) is 29.3 Å². The Bertz CT molecular complexity index is 470. The number of benzene rings is 1. The Hall–Kier alpha value is -1.32. The average Bonchev–Trinajstić information content (AvgIpc) is 2.46. The number of nitrogens with zero attached hydrogens (tertiary/aromatic N) is 1. The molecule has 0 unspecified atom stereocenters. The van der Waals surface area contributed by atoms with Crippen molar-refractivity contribution >= 4 is 35.0 Å². The summed E-state index contributed by atoms with van der Waals surface area (Å²) >= 11 is 11.6. The number of carbonyl (C=O) groups excluding carboxylic acids is 2. The number of hydrogen-bond donors (Lipinski definition) is 0. The van der Waals surface area contributed by atoms with E-state index in [1.54, 1.807) is 0 Å². The SMILES string of the molecule is C=CCN1C(=O)c2cc(Cl)c(Cl)cc2C1=O. The molecular weight excluding hydrogens is 249 g/mol. The van der Waals surface area contributed by atoms with E-state index in [1.807, 2.05) is 0 Å². The molecule has 16 heavy (non-hydrogen) atoms. The van der Waals surface area contributed by atoms with E-state index in [1.165, 1.54) is 18.2 Å². The second-order valence-electron chi connectivity index (χ2n) is 3.32. The van der Waals surface area contributed by atoms with E-state index in [0.717, 1.165) is 4.90 Å². The topological polar surface area (TPSA) is 37.4 Å². The van der Waals surface area contributed by atoms with Gasteiger partial charge >= 0.3 is 0 Å². The van der Waals surface area contributed by atoms with E-state index < -0.39 is 0 Å². The Morgan fingerprint density at radius 2 is 1.56 bits per heavy atom. The van der Waals surface area contributed by atoms with Crippen LogP contribution in [0.4, 0.5) is 0 Å². The Labute approximate surface area is 102 Å². The van der Waals surface area contributed by atoms with Crippen LogP contribution in [-0.4, -0.2) is 23.3 Å². The van der Waals surface area contributed by atoms with Crippen molar-refractivity contribution in [1.82, 2.24) is 4.90 Å². The van der Waals surface area contributed by atoms with Gasteiger partial charge in [0.05, 0.1) is 21.2 Å². The maximum atomic E-state index is 11.8. The molecule has 0 bridgehead atoms. The third-order valence-electron chi connectivity index (χ3n) is 2.32. The summed E-state index contributed by atoms with van der Waals surface area (Å²) in [6.07, 6.45) is 1.49. The molecule has 2 rings (SSSR count). The van der Waals surface area contributed by atoms with Crippen molar-refractivity contribution in [3.63, 3.8) is 0 Å². The van der Waals surface area contributed by atoms with Crippen LogP contribution in [0.1, 0.15) is 20.7 Å². The Morgan fingerprint density at radius 3 is 1.94 bits per heavy atom. The molecule has 0 radical (unpaired) electrons. The van der Waals surface area contributed by atoms with Gasteiger partial charge in [0.2, 0.25) is 0 Å². The maximum Gasteiger partial charge on any atom is 0.261 e. The molecule has 2 amide bonds. The molecule has 3 nitrogen and oxygen atoms in total. The normalized spacial score (nSPS) is 14.2. The van der Waals surface area contributed by atoms with Gasteiger partial charge in [-0.15, -0.1) is 6.58 Å². The number of imide groups is 1. The van der Waals surface area contributed by atoms with E-state index in [0.29, 0.717) is 11.1 Å². The zero-order chi connectivity index (χ0) is 11.9. The summed E-state index contributed by atoms with van der Waals surface area (Å²) in [6, 6.07) is 2.84. The van der Waals surface area contributed by atoms with Crippen LogP contribution in [0.15, 0.2) is 24.8 Å². The first-order chi connectivity index (χ1) is 7.56. The van der Waals surface area contributed by atoms with Crippen molar-refractivity contribution < 1.29 is 9.59 Å². The molecule has 1 aliphatic heterocycles. The van der Waals surface area contributed by atoms with E-state index in [9.17, 15) is 9.59 Å². The average molecular weight is 256 g/mol. The maximum absolute atomic E-state index is 11.8. The van der Waals surface area contributed by atoms with E-state index >= 15 is 0 Å². The quantitative estimate of drug-likeness (QED) is 0.602. The van der Waals surface area contributed by atoms with Crippen LogP contribution in [0.2, 0.25) is 10.0 Å². The molecule has 0 saturated carbocycles. The van der Waals surface area contributed by atoms with Crippen molar-refractivity contribution in [3.05, 3.63) is 46.0 Å². The lowest BCUT2D eigenvalue weighted by molar-refractivity contribution is 0.0672. The Kier molecular flexibility index (Phi) is 2.74. The summed E-state index contributed by atoms with van der Waals surface area (Å²) in [5.41, 5.74) is 0.586. The van der Waals surface area contributed by atoms with Crippen LogP contribution < -0.4 is 0 Å². The third kappa shape index (κ3) is 1.52. The first-order valence-electron chi connectivity index (χ1n) is 4.52. The predicted molar refractivity (Wildman–Crippen MR) is 62.0 cm³/mol. The van der Waals surface area contributed by atoms with E-state index in [-0.39, 0.29) is 28.4 Å². The summed E-state index contributed by atoms with van der Waals surface area (Å²) in [5, 5.41) is 0.532. The molecule has 82 valence electrons. The highest BCUT2D eigenvalue weighted by atomic mass is 35.5. The van der Waals surface area contributed by atoms with Gasteiger partial charge in [-0.2, -0.15) is 0 Å². The number of amides is 2. The standard InChI is InChI=1S/C11H7Cl2NO2/c1-2-3-14-10(15)6-4-8(12)9(13)5-7(6)11(14)16/h2,4-5H,1,3H2. The van der Waals surface area contributed by atoms with Crippen LogP contribution in [0.3, 0.4) is 0 Å². The molecule has 0 N–H and O–H groups in total. The molecule has 0 atom stereocenters. The Morgan fingerprint density at radius 1 is 1.12 bits per heavy atom. The largest absolute Gasteiger partial charge is 0.270 e. The Balaban J connectivity index is 2.55. The minimum absolute atomic E-state index is 0.182. The minimum atomic E-state index is -0.363. The molecule has 1 aromatic carbocycles. The van der Waals surface area contributed by atoms with Gasteiger partial charge in [0, 0.05) is 6.54 Å². The lowest BCUT2D eigenvalue weighted by Crippen LogP contribution is -2.29. The number of halogens is 2. The smallest absolute Gasteiger partial charge is 0.261 e. The van der Waals surface area contributed by atoms with Crippen molar-refractivity contribution in [2.45, 2.75) is 0 Å². The highest BCUT2D eigenvalue weighted by molar-refractivity contribution is 6.43. The fraction of sp³-hybridized carbons (Fsp3) is 0.0909. The number of fused-ring (bicyclic) bond motifs is 1. The van der Waals surface area contributed by atoms with Crippen molar-refractivity contribution in [2.75, 3.05) is 6.54 Å². The molecule has 0 fully saturated rings. The number of carbonyl (C=O) groups is 2. The summed E-state index contributed by atoms with van der Waals surface area (Å²) in [6.45, 7) is 3.67. The highest BCUT2D eigenvalue weighted by Gasteiger charge is 2.35. The minimum Gasteiger partial charge on any atom is -0.270 e. The van der Waals surface area contributed by atoms with Gasteiger partial charge in [0.1, 0.15) is 0 Å². The summed E-state index contributed by atoms with van der Waals surface area (Å²) in [7, 11) is 0. The van der Waals surface area contributed by atoms with Crippen LogP contribution in [-0.2, 0) is 0 Å². The molecule has 0 aliphatic carbocycles. The van der Waals surface area contributed by atoms with Crippen LogP contribution >= 0.6 is 23.2 Å². The predicted octanol–water partition coefficient (Wildman–Crippen LogP) is 2.78. The van der Waals surface area contributed by atoms with Crippen LogP contribution in [0.25, 0.3) is 0 Å². The molecule has 0 saturated heterocycles. The first-order valence-corrected chi connectivity index (χ1v) is 5.28. The zero-order valence-corrected chi connectivity index (χ0v) is 9.68. The lowest BCUT2D eigenvalue weighted by Gasteiger charge is -2.09. The van der Waals surface area contributed by atoms with Crippen molar-refractivity contribution in [3.8, 4) is 0 Å². The molecule has 0 spiro atoms. The van der Waals surface area contributed by atoms with Gasteiger partial charge in [-0.25, -0.2) is 0 Å². The van der Waals surface area contributed by atoms with E-state index in [2.05, 4.69) is 6.58 Å². The first kappa shape index (κ1) is 11.2. The molecule has 1 aromatic rings. The fourth-order valence-corrected chi connectivity index (χ4v) is 1.91. The van der Waals surface area contributed by atoms with E-state index in [4.69, 9.17) is 23.2 Å². The van der Waals surface area contributed by atoms with Gasteiger partial charge in [0.25, 0.3) is 11.8 Å². The van der Waals surface area contributed by atoms with Gasteiger partial charge in [-0.05, 0) is 12.1 Å². The third-order valence-corrected chi connectivity index (χ3v) is 3.05. The molecule has 0 aromatic heterocycles. The molecular formula is C11H7Cl2NO2. The monoisotopic (exact) mass is 255 g/mol. The molecule has 5 heteroatoms. The highest BCUT2D eigenvalue weighted by Crippen LogP contribution is 2.31. The second-order valence-corrected chi connectivity index (χ2v) is 4.14.